The summed E-state index contributed by atoms with van der Waals surface area (Å²) in [6.45, 7) is 8.34. The summed E-state index contributed by atoms with van der Waals surface area (Å²) in [6, 6.07) is -2.79. The summed E-state index contributed by atoms with van der Waals surface area (Å²) in [5, 5.41) is 10.5. The first kappa shape index (κ1) is 37.7. The Bertz CT molecular complexity index is 1070. The van der Waals surface area contributed by atoms with Crippen LogP contribution in [0.25, 0.3) is 0 Å². The molecular weight excluding hydrogens is 595 g/mol. The molecule has 1 saturated heterocycles. The van der Waals surface area contributed by atoms with Crippen LogP contribution in [0.5, 0.6) is 0 Å². The SMILES string of the molecule is C=CCNC(=O)C(=O)CNC(=O)C1CCCN1C(=O)C(NC(=O)NC(C(=O)C1CC1)C(C)C)C1CCCCC1.CCC(F)(F)F. The average Bonchev–Trinajstić information content (AvgIpc) is 3.75. The third-order valence-corrected chi connectivity index (χ3v) is 8.24. The molecule has 2 saturated carbocycles. The fraction of sp³-hybridized carbons (Fsp3) is 0.742. The first-order valence-electron chi connectivity index (χ1n) is 15.9. The Morgan fingerprint density at radius 2 is 1.53 bits per heavy atom. The van der Waals surface area contributed by atoms with Crippen LogP contribution < -0.4 is 21.3 Å². The lowest BCUT2D eigenvalue weighted by molar-refractivity contribution is -0.142. The number of hydrogen-bond acceptors (Lipinski definition) is 6. The van der Waals surface area contributed by atoms with E-state index in [1.165, 1.54) is 11.0 Å². The Morgan fingerprint density at radius 1 is 0.911 bits per heavy atom. The van der Waals surface area contributed by atoms with E-state index in [9.17, 15) is 41.9 Å². The first-order valence-corrected chi connectivity index (χ1v) is 15.9. The highest BCUT2D eigenvalue weighted by Gasteiger charge is 2.42. The lowest BCUT2D eigenvalue weighted by atomic mass is 9.83. The molecule has 0 aromatic heterocycles. The maximum Gasteiger partial charge on any atom is 0.388 e. The number of halogens is 3. The molecule has 3 fully saturated rings. The molecular formula is C31H48F3N5O6. The van der Waals surface area contributed by atoms with Crippen LogP contribution in [0.4, 0.5) is 18.0 Å². The number of nitrogens with zero attached hydrogens (tertiary/aromatic N) is 1. The summed E-state index contributed by atoms with van der Waals surface area (Å²) < 4.78 is 32.4. The van der Waals surface area contributed by atoms with Gasteiger partial charge in [0.1, 0.15) is 12.1 Å². The van der Waals surface area contributed by atoms with E-state index in [1.807, 2.05) is 13.8 Å². The second kappa shape index (κ2) is 17.9. The van der Waals surface area contributed by atoms with Gasteiger partial charge in [0.25, 0.3) is 5.91 Å². The van der Waals surface area contributed by atoms with Gasteiger partial charge in [-0.2, -0.15) is 13.2 Å². The monoisotopic (exact) mass is 643 g/mol. The van der Waals surface area contributed by atoms with E-state index in [0.29, 0.717) is 19.4 Å². The molecule has 3 unspecified atom stereocenters. The number of nitrogens with one attached hydrogen (secondary N) is 4. The van der Waals surface area contributed by atoms with Crippen molar-refractivity contribution in [2.75, 3.05) is 19.6 Å². The Morgan fingerprint density at radius 3 is 2.07 bits per heavy atom. The molecule has 1 heterocycles. The van der Waals surface area contributed by atoms with Gasteiger partial charge < -0.3 is 26.2 Å². The van der Waals surface area contributed by atoms with Gasteiger partial charge in [0.2, 0.25) is 17.6 Å². The smallest absolute Gasteiger partial charge is 0.347 e. The molecule has 0 aromatic carbocycles. The molecule has 0 spiro atoms. The Hall–Kier alpha value is -3.45. The fourth-order valence-corrected chi connectivity index (χ4v) is 5.47. The highest BCUT2D eigenvalue weighted by atomic mass is 19.4. The van der Waals surface area contributed by atoms with Crippen LogP contribution in [0.3, 0.4) is 0 Å². The third kappa shape index (κ3) is 12.5. The van der Waals surface area contributed by atoms with Crippen molar-refractivity contribution < 1.29 is 41.9 Å². The molecule has 0 bridgehead atoms. The van der Waals surface area contributed by atoms with Crippen molar-refractivity contribution >= 4 is 35.3 Å². The number of alkyl halides is 3. The third-order valence-electron chi connectivity index (χ3n) is 8.24. The number of amides is 5. The molecule has 45 heavy (non-hydrogen) atoms. The summed E-state index contributed by atoms with van der Waals surface area (Å²) in [5.74, 6) is -2.58. The quantitative estimate of drug-likeness (QED) is 0.179. The molecule has 2 aliphatic carbocycles. The molecule has 3 aliphatic rings. The minimum Gasteiger partial charge on any atom is -0.347 e. The van der Waals surface area contributed by atoms with E-state index in [0.717, 1.165) is 51.9 Å². The lowest BCUT2D eigenvalue weighted by Crippen LogP contribution is -2.59. The van der Waals surface area contributed by atoms with Crippen molar-refractivity contribution in [1.29, 1.82) is 0 Å². The maximum absolute atomic E-state index is 13.8. The van der Waals surface area contributed by atoms with Crippen LogP contribution in [0, 0.1) is 17.8 Å². The van der Waals surface area contributed by atoms with Crippen LogP contribution in [0.2, 0.25) is 0 Å². The van der Waals surface area contributed by atoms with Crippen LogP contribution >= 0.6 is 0 Å². The average molecular weight is 644 g/mol. The molecule has 4 N–H and O–H groups in total. The number of carbonyl (C=O) groups is 6. The molecule has 5 amide bonds. The summed E-state index contributed by atoms with van der Waals surface area (Å²) >= 11 is 0. The van der Waals surface area contributed by atoms with E-state index in [4.69, 9.17) is 0 Å². The first-order chi connectivity index (χ1) is 21.2. The van der Waals surface area contributed by atoms with Gasteiger partial charge >= 0.3 is 12.2 Å². The van der Waals surface area contributed by atoms with Crippen molar-refractivity contribution in [2.45, 2.75) is 109 Å². The lowest BCUT2D eigenvalue weighted by Gasteiger charge is -2.35. The molecule has 0 radical (unpaired) electrons. The Kier molecular flexibility index (Phi) is 15.0. The topological polar surface area (TPSA) is 154 Å². The van der Waals surface area contributed by atoms with Crippen molar-refractivity contribution in [3.05, 3.63) is 12.7 Å². The highest BCUT2D eigenvalue weighted by molar-refractivity contribution is 6.37. The zero-order chi connectivity index (χ0) is 33.7. The number of hydrogen-bond donors (Lipinski definition) is 4. The molecule has 14 heteroatoms. The normalized spacial score (nSPS) is 19.8. The predicted molar refractivity (Wildman–Crippen MR) is 161 cm³/mol. The minimum absolute atomic E-state index is 0.00251. The molecule has 11 nitrogen and oxygen atoms in total. The van der Waals surface area contributed by atoms with Crippen LogP contribution in [0.15, 0.2) is 12.7 Å². The van der Waals surface area contributed by atoms with Gasteiger partial charge in [-0.1, -0.05) is 46.1 Å². The summed E-state index contributed by atoms with van der Waals surface area (Å²) in [5.41, 5.74) is 0. The number of ketones is 2. The minimum atomic E-state index is -3.96. The van der Waals surface area contributed by atoms with Crippen molar-refractivity contribution in [3.8, 4) is 0 Å². The number of likely N-dealkylation sites (tertiary alicyclic amines) is 1. The second-order valence-corrected chi connectivity index (χ2v) is 12.2. The van der Waals surface area contributed by atoms with Gasteiger partial charge in [-0.3, -0.25) is 24.0 Å². The molecule has 1 aliphatic heterocycles. The van der Waals surface area contributed by atoms with E-state index >= 15 is 0 Å². The van der Waals surface area contributed by atoms with E-state index in [-0.39, 0.29) is 36.0 Å². The van der Waals surface area contributed by atoms with Crippen molar-refractivity contribution in [1.82, 2.24) is 26.2 Å². The Labute approximate surface area is 262 Å². The van der Waals surface area contributed by atoms with Crippen LogP contribution in [-0.2, 0) is 24.0 Å². The standard InChI is InChI=1S/C28H43N5O6.C3H5F3/c1-4-14-29-26(37)21(34)16-30-25(36)20-11-8-15-33(20)27(38)23(18-9-6-5-7-10-18)32-28(39)31-22(17(2)3)24(35)19-12-13-19;1-2-3(4,5)6/h4,17-20,22-23H,1,5-16H2,2-3H3,(H,29,37)(H,30,36)(H2,31,32,39);2H2,1H3. The van der Waals surface area contributed by atoms with Gasteiger partial charge in [-0.05, 0) is 50.4 Å². The fourth-order valence-electron chi connectivity index (χ4n) is 5.47. The maximum atomic E-state index is 13.8. The van der Waals surface area contributed by atoms with Gasteiger partial charge in [0.15, 0.2) is 5.78 Å². The predicted octanol–water partition coefficient (Wildman–Crippen LogP) is 3.18. The number of Topliss-reactive ketones (excluding diaryl/α,β-unsaturated/α-hetero) is 2. The summed E-state index contributed by atoms with van der Waals surface area (Å²) in [6.07, 6.45) is 4.00. The van der Waals surface area contributed by atoms with Gasteiger partial charge in [-0.15, -0.1) is 6.58 Å². The molecule has 254 valence electrons. The van der Waals surface area contributed by atoms with Gasteiger partial charge in [0.05, 0.1) is 12.6 Å². The summed E-state index contributed by atoms with van der Waals surface area (Å²) in [7, 11) is 0. The van der Waals surface area contributed by atoms with E-state index in [2.05, 4.69) is 27.8 Å². The number of carbonyl (C=O) groups excluding carboxylic acids is 6. The molecule has 0 aromatic rings. The van der Waals surface area contributed by atoms with Crippen molar-refractivity contribution in [2.24, 2.45) is 17.8 Å². The largest absolute Gasteiger partial charge is 0.388 e. The molecule has 3 rings (SSSR count). The number of rotatable bonds is 13. The zero-order valence-corrected chi connectivity index (χ0v) is 26.5. The Balaban J connectivity index is 0.00000107. The van der Waals surface area contributed by atoms with Crippen LogP contribution in [0.1, 0.15) is 85.0 Å². The van der Waals surface area contributed by atoms with Crippen molar-refractivity contribution in [3.63, 3.8) is 0 Å². The highest BCUT2D eigenvalue weighted by Crippen LogP contribution is 2.32. The second-order valence-electron chi connectivity index (χ2n) is 12.2. The molecule has 3 atom stereocenters. The summed E-state index contributed by atoms with van der Waals surface area (Å²) in [4.78, 5) is 77.9. The van der Waals surface area contributed by atoms with Gasteiger partial charge in [0, 0.05) is 25.4 Å². The zero-order valence-electron chi connectivity index (χ0n) is 26.5. The van der Waals surface area contributed by atoms with Gasteiger partial charge in [-0.25, -0.2) is 4.79 Å². The van der Waals surface area contributed by atoms with E-state index < -0.39 is 60.9 Å². The number of urea groups is 1. The van der Waals surface area contributed by atoms with Crippen LogP contribution in [-0.4, -0.2) is 84.2 Å². The van der Waals surface area contributed by atoms with E-state index in [1.54, 1.807) is 0 Å².